The van der Waals surface area contributed by atoms with Gasteiger partial charge in [-0.05, 0) is 18.6 Å². The average Bonchev–Trinajstić information content (AvgIpc) is 2.63. The molecule has 0 aromatic heterocycles. The number of hydrogen-bond donors (Lipinski definition) is 3. The molecule has 3 N–H and O–H groups in total. The number of carbonyl (C=O) groups is 1. The normalized spacial score (nSPS) is 19.9. The number of aliphatic hydroxyl groups excluding tert-OH is 1. The van der Waals surface area contributed by atoms with E-state index in [2.05, 4.69) is 26.6 Å². The summed E-state index contributed by atoms with van der Waals surface area (Å²) in [5, 5.41) is 15.2. The number of rotatable bonds is 4. The van der Waals surface area contributed by atoms with Crippen LogP contribution in [0.25, 0.3) is 0 Å². The standard InChI is InChI=1S/C12H15BrN2O2/c1-2-7(6-16)14-11-10-8(13)4-3-5-9(10)15-12(11)17/h3-5,7,11,14,16H,2,6H2,1H3,(H,15,17). The molecule has 1 heterocycles. The summed E-state index contributed by atoms with van der Waals surface area (Å²) in [6.07, 6.45) is 0.778. The minimum absolute atomic E-state index is 0.0278. The van der Waals surface area contributed by atoms with Gasteiger partial charge in [-0.2, -0.15) is 0 Å². The summed E-state index contributed by atoms with van der Waals surface area (Å²) in [5.74, 6) is -0.0706. The van der Waals surface area contributed by atoms with Crippen LogP contribution in [0.3, 0.4) is 0 Å². The minimum atomic E-state index is -0.391. The van der Waals surface area contributed by atoms with Gasteiger partial charge in [0.2, 0.25) is 5.91 Å². The number of hydrogen-bond acceptors (Lipinski definition) is 3. The van der Waals surface area contributed by atoms with Crippen molar-refractivity contribution in [3.8, 4) is 0 Å². The Morgan fingerprint density at radius 1 is 1.59 bits per heavy atom. The largest absolute Gasteiger partial charge is 0.395 e. The molecule has 1 aliphatic rings. The van der Waals surface area contributed by atoms with E-state index < -0.39 is 6.04 Å². The first-order valence-electron chi connectivity index (χ1n) is 5.63. The fourth-order valence-electron chi connectivity index (χ4n) is 1.97. The Balaban J connectivity index is 2.28. The Hall–Kier alpha value is -0.910. The monoisotopic (exact) mass is 298 g/mol. The lowest BCUT2D eigenvalue weighted by Crippen LogP contribution is -2.38. The highest BCUT2D eigenvalue weighted by Gasteiger charge is 2.33. The molecule has 1 aromatic rings. The van der Waals surface area contributed by atoms with Crippen LogP contribution in [0.2, 0.25) is 0 Å². The van der Waals surface area contributed by atoms with Crippen LogP contribution in [0.5, 0.6) is 0 Å². The molecule has 1 aliphatic heterocycles. The van der Waals surface area contributed by atoms with E-state index in [0.717, 1.165) is 22.1 Å². The van der Waals surface area contributed by atoms with Gasteiger partial charge in [0.15, 0.2) is 0 Å². The van der Waals surface area contributed by atoms with Crippen LogP contribution in [-0.4, -0.2) is 23.7 Å². The molecule has 0 bridgehead atoms. The quantitative estimate of drug-likeness (QED) is 0.794. The van der Waals surface area contributed by atoms with Gasteiger partial charge in [-0.1, -0.05) is 28.9 Å². The van der Waals surface area contributed by atoms with Crippen molar-refractivity contribution >= 4 is 27.5 Å². The van der Waals surface area contributed by atoms with Crippen LogP contribution < -0.4 is 10.6 Å². The third-order valence-electron chi connectivity index (χ3n) is 2.98. The second kappa shape index (κ2) is 5.16. The van der Waals surface area contributed by atoms with Crippen molar-refractivity contribution in [2.45, 2.75) is 25.4 Å². The molecule has 0 saturated carbocycles. The third kappa shape index (κ3) is 2.36. The summed E-state index contributed by atoms with van der Waals surface area (Å²) in [6, 6.07) is 5.21. The van der Waals surface area contributed by atoms with Crippen molar-refractivity contribution in [2.24, 2.45) is 0 Å². The van der Waals surface area contributed by atoms with Crippen LogP contribution in [-0.2, 0) is 4.79 Å². The summed E-state index contributed by atoms with van der Waals surface area (Å²) >= 11 is 3.45. The number of amides is 1. The molecular formula is C12H15BrN2O2. The predicted molar refractivity (Wildman–Crippen MR) is 69.8 cm³/mol. The molecule has 2 rings (SSSR count). The maximum atomic E-state index is 11.9. The SMILES string of the molecule is CCC(CO)NC1C(=O)Nc2cccc(Br)c21. The first kappa shape index (κ1) is 12.5. The highest BCUT2D eigenvalue weighted by Crippen LogP contribution is 2.36. The molecule has 1 amide bonds. The van der Waals surface area contributed by atoms with Crippen molar-refractivity contribution in [3.05, 3.63) is 28.2 Å². The fourth-order valence-corrected chi connectivity index (χ4v) is 2.56. The average molecular weight is 299 g/mol. The van der Waals surface area contributed by atoms with Crippen LogP contribution in [0.4, 0.5) is 5.69 Å². The number of aliphatic hydroxyl groups is 1. The van der Waals surface area contributed by atoms with Gasteiger partial charge in [-0.15, -0.1) is 0 Å². The van der Waals surface area contributed by atoms with E-state index in [1.807, 2.05) is 25.1 Å². The highest BCUT2D eigenvalue weighted by molar-refractivity contribution is 9.10. The zero-order valence-corrected chi connectivity index (χ0v) is 11.1. The van der Waals surface area contributed by atoms with E-state index in [1.165, 1.54) is 0 Å². The molecule has 0 aliphatic carbocycles. The molecule has 0 fully saturated rings. The van der Waals surface area contributed by atoms with E-state index in [1.54, 1.807) is 0 Å². The Kier molecular flexibility index (Phi) is 3.81. The fraction of sp³-hybridized carbons (Fsp3) is 0.417. The predicted octanol–water partition coefficient (Wildman–Crippen LogP) is 1.80. The second-order valence-corrected chi connectivity index (χ2v) is 4.93. The van der Waals surface area contributed by atoms with Crippen molar-refractivity contribution in [1.82, 2.24) is 5.32 Å². The van der Waals surface area contributed by atoms with Gasteiger partial charge in [-0.25, -0.2) is 0 Å². The summed E-state index contributed by atoms with van der Waals surface area (Å²) in [6.45, 7) is 2.00. The maximum absolute atomic E-state index is 11.9. The molecule has 5 heteroatoms. The van der Waals surface area contributed by atoms with Crippen LogP contribution in [0.1, 0.15) is 24.9 Å². The topological polar surface area (TPSA) is 61.4 Å². The van der Waals surface area contributed by atoms with Gasteiger partial charge < -0.3 is 10.4 Å². The molecule has 17 heavy (non-hydrogen) atoms. The third-order valence-corrected chi connectivity index (χ3v) is 3.67. The highest BCUT2D eigenvalue weighted by atomic mass is 79.9. The van der Waals surface area contributed by atoms with Crippen LogP contribution >= 0.6 is 15.9 Å². The van der Waals surface area contributed by atoms with Crippen LogP contribution in [0, 0.1) is 0 Å². The molecule has 0 spiro atoms. The lowest BCUT2D eigenvalue weighted by Gasteiger charge is -2.19. The second-order valence-electron chi connectivity index (χ2n) is 4.08. The van der Waals surface area contributed by atoms with Crippen molar-refractivity contribution in [3.63, 3.8) is 0 Å². The Bertz CT molecular complexity index is 433. The van der Waals surface area contributed by atoms with Gasteiger partial charge in [0.1, 0.15) is 6.04 Å². The molecule has 2 unspecified atom stereocenters. The number of fused-ring (bicyclic) bond motifs is 1. The molecule has 0 saturated heterocycles. The van der Waals surface area contributed by atoms with E-state index in [9.17, 15) is 9.90 Å². The number of anilines is 1. The summed E-state index contributed by atoms with van der Waals surface area (Å²) < 4.78 is 0.902. The smallest absolute Gasteiger partial charge is 0.246 e. The Morgan fingerprint density at radius 3 is 3.00 bits per heavy atom. The van der Waals surface area contributed by atoms with Gasteiger partial charge in [0.05, 0.1) is 6.61 Å². The zero-order chi connectivity index (χ0) is 12.4. The molecular weight excluding hydrogens is 284 g/mol. The zero-order valence-electron chi connectivity index (χ0n) is 9.53. The van der Waals surface area contributed by atoms with Gasteiger partial charge in [0, 0.05) is 21.8 Å². The van der Waals surface area contributed by atoms with E-state index in [-0.39, 0.29) is 18.6 Å². The molecule has 92 valence electrons. The number of benzene rings is 1. The van der Waals surface area contributed by atoms with E-state index in [4.69, 9.17) is 0 Å². The first-order chi connectivity index (χ1) is 8.17. The first-order valence-corrected chi connectivity index (χ1v) is 6.42. The molecule has 1 aromatic carbocycles. The summed E-state index contributed by atoms with van der Waals surface area (Å²) in [4.78, 5) is 11.9. The number of nitrogens with one attached hydrogen (secondary N) is 2. The minimum Gasteiger partial charge on any atom is -0.395 e. The summed E-state index contributed by atoms with van der Waals surface area (Å²) in [7, 11) is 0. The van der Waals surface area contributed by atoms with Crippen molar-refractivity contribution in [2.75, 3.05) is 11.9 Å². The van der Waals surface area contributed by atoms with Gasteiger partial charge in [-0.3, -0.25) is 10.1 Å². The molecule has 4 nitrogen and oxygen atoms in total. The van der Waals surface area contributed by atoms with Gasteiger partial charge in [0.25, 0.3) is 0 Å². The van der Waals surface area contributed by atoms with E-state index >= 15 is 0 Å². The maximum Gasteiger partial charge on any atom is 0.246 e. The van der Waals surface area contributed by atoms with Gasteiger partial charge >= 0.3 is 0 Å². The van der Waals surface area contributed by atoms with Crippen LogP contribution in [0.15, 0.2) is 22.7 Å². The Labute approximate surface area is 109 Å². The number of halogens is 1. The lowest BCUT2D eigenvalue weighted by atomic mass is 10.1. The van der Waals surface area contributed by atoms with Crippen molar-refractivity contribution in [1.29, 1.82) is 0 Å². The molecule has 0 radical (unpaired) electrons. The van der Waals surface area contributed by atoms with Crippen molar-refractivity contribution < 1.29 is 9.90 Å². The number of carbonyl (C=O) groups excluding carboxylic acids is 1. The molecule has 2 atom stereocenters. The Morgan fingerprint density at radius 2 is 2.35 bits per heavy atom. The van der Waals surface area contributed by atoms with E-state index in [0.29, 0.717) is 0 Å². The lowest BCUT2D eigenvalue weighted by molar-refractivity contribution is -0.117. The summed E-state index contributed by atoms with van der Waals surface area (Å²) in [5.41, 5.74) is 1.75.